The van der Waals surface area contributed by atoms with Gasteiger partial charge in [0.25, 0.3) is 5.56 Å². The molecular weight excluding hydrogens is 212 g/mol. The van der Waals surface area contributed by atoms with Gasteiger partial charge in [0.15, 0.2) is 11.5 Å². The van der Waals surface area contributed by atoms with Gasteiger partial charge in [0.1, 0.15) is 0 Å². The largest absolute Gasteiger partial charge is 0.395 e. The Hall–Kier alpha value is -2.02. The molecule has 2 rings (SSSR count). The third kappa shape index (κ3) is 1.72. The minimum Gasteiger partial charge on any atom is -0.395 e. The van der Waals surface area contributed by atoms with Crippen molar-refractivity contribution >= 4 is 0 Å². The Balaban J connectivity index is 2.82. The van der Waals surface area contributed by atoms with Crippen molar-refractivity contribution in [3.8, 4) is 11.5 Å². The minimum atomic E-state index is -0.713. The zero-order chi connectivity index (χ0) is 11.7. The Kier molecular flexibility index (Phi) is 2.53. The van der Waals surface area contributed by atoms with Crippen molar-refractivity contribution in [2.75, 3.05) is 6.61 Å². The third-order valence-corrected chi connectivity index (χ3v) is 2.10. The predicted molar refractivity (Wildman–Crippen MR) is 55.4 cm³/mol. The molecule has 0 bridgehead atoms. The summed E-state index contributed by atoms with van der Waals surface area (Å²) in [5, 5.41) is 8.88. The molecule has 0 radical (unpaired) electrons. The molecule has 2 aliphatic heterocycles. The molecule has 2 aliphatic rings. The second-order valence-corrected chi connectivity index (χ2v) is 3.34. The zero-order valence-corrected chi connectivity index (χ0v) is 8.60. The van der Waals surface area contributed by atoms with Gasteiger partial charge in [-0.15, -0.1) is 0 Å². The molecule has 2 N–H and O–H groups in total. The van der Waals surface area contributed by atoms with Crippen molar-refractivity contribution in [1.82, 2.24) is 19.5 Å². The molecule has 0 saturated heterocycles. The highest BCUT2D eigenvalue weighted by Gasteiger charge is 2.15. The van der Waals surface area contributed by atoms with Crippen LogP contribution in [0.25, 0.3) is 11.5 Å². The van der Waals surface area contributed by atoms with Crippen molar-refractivity contribution < 1.29 is 5.11 Å². The van der Waals surface area contributed by atoms with Crippen molar-refractivity contribution in [1.29, 1.82) is 0 Å². The first kappa shape index (κ1) is 10.5. The number of hydrogen-bond acceptors (Lipinski definition) is 5. The van der Waals surface area contributed by atoms with Gasteiger partial charge in [0.2, 0.25) is 0 Å². The smallest absolute Gasteiger partial charge is 0.349 e. The Morgan fingerprint density at radius 1 is 1.44 bits per heavy atom. The Labute approximate surface area is 89.8 Å². The number of aromatic amines is 1. The number of aliphatic hydroxyl groups is 1. The SMILES string of the molecule is Cc1cn(CCO)c2nc(=O)[nH]c(=O)c-2n1. The number of aromatic nitrogens is 4. The fraction of sp³-hybridized carbons (Fsp3) is 0.333. The van der Waals surface area contributed by atoms with Gasteiger partial charge in [-0.3, -0.25) is 9.78 Å². The molecule has 0 aromatic heterocycles. The van der Waals surface area contributed by atoms with E-state index >= 15 is 0 Å². The number of hydrogen-bond donors (Lipinski definition) is 2. The number of aliphatic hydroxyl groups excluding tert-OH is 1. The summed E-state index contributed by atoms with van der Waals surface area (Å²) in [6.07, 6.45) is 1.63. The van der Waals surface area contributed by atoms with Gasteiger partial charge in [-0.25, -0.2) is 9.78 Å². The molecule has 0 amide bonds. The van der Waals surface area contributed by atoms with Gasteiger partial charge < -0.3 is 9.67 Å². The molecule has 0 spiro atoms. The fourth-order valence-corrected chi connectivity index (χ4v) is 1.51. The molecule has 0 unspecified atom stereocenters. The fourth-order valence-electron chi connectivity index (χ4n) is 1.51. The molecule has 7 nitrogen and oxygen atoms in total. The summed E-state index contributed by atoms with van der Waals surface area (Å²) >= 11 is 0. The van der Waals surface area contributed by atoms with E-state index in [-0.39, 0.29) is 24.7 Å². The quantitative estimate of drug-likeness (QED) is 0.660. The van der Waals surface area contributed by atoms with Crippen LogP contribution in [0.1, 0.15) is 5.69 Å². The van der Waals surface area contributed by atoms with Crippen LogP contribution in [0.5, 0.6) is 0 Å². The summed E-state index contributed by atoms with van der Waals surface area (Å²) in [5.41, 5.74) is -0.555. The number of rotatable bonds is 2. The van der Waals surface area contributed by atoms with Crippen LogP contribution in [-0.2, 0) is 6.54 Å². The number of nitrogens with zero attached hydrogens (tertiary/aromatic N) is 3. The molecular formula is C9H10N4O3. The molecule has 84 valence electrons. The highest BCUT2D eigenvalue weighted by molar-refractivity contribution is 5.48. The van der Waals surface area contributed by atoms with E-state index in [0.29, 0.717) is 5.69 Å². The Bertz CT molecular complexity index is 601. The van der Waals surface area contributed by atoms with E-state index < -0.39 is 11.2 Å². The van der Waals surface area contributed by atoms with Crippen LogP contribution in [0.15, 0.2) is 15.8 Å². The van der Waals surface area contributed by atoms with Gasteiger partial charge in [0, 0.05) is 12.7 Å². The van der Waals surface area contributed by atoms with E-state index in [0.717, 1.165) is 0 Å². The van der Waals surface area contributed by atoms with E-state index in [4.69, 9.17) is 5.11 Å². The van der Waals surface area contributed by atoms with Gasteiger partial charge in [-0.2, -0.15) is 4.98 Å². The lowest BCUT2D eigenvalue weighted by Crippen LogP contribution is -2.29. The molecule has 7 heteroatoms. The van der Waals surface area contributed by atoms with Gasteiger partial charge in [-0.05, 0) is 6.92 Å². The van der Waals surface area contributed by atoms with Crippen molar-refractivity contribution in [3.05, 3.63) is 32.7 Å². The topological polar surface area (TPSA) is 101 Å². The third-order valence-electron chi connectivity index (χ3n) is 2.10. The second kappa shape index (κ2) is 3.86. The average molecular weight is 222 g/mol. The second-order valence-electron chi connectivity index (χ2n) is 3.34. The first-order chi connectivity index (χ1) is 7.61. The normalized spacial score (nSPS) is 10.9. The summed E-state index contributed by atoms with van der Waals surface area (Å²) in [4.78, 5) is 32.3. The van der Waals surface area contributed by atoms with Crippen LogP contribution >= 0.6 is 0 Å². The predicted octanol–water partition coefficient (Wildman–Crippen LogP) is -1.27. The summed E-state index contributed by atoms with van der Waals surface area (Å²) in [7, 11) is 0. The summed E-state index contributed by atoms with van der Waals surface area (Å²) in [5.74, 6) is 0.188. The standard InChI is InChI=1S/C9H10N4O3/c1-5-4-13(2-3-14)7-6(10-5)8(15)12-9(16)11-7/h4,14H,2-3H2,1H3,(H,12,15,16). The maximum Gasteiger partial charge on any atom is 0.349 e. The maximum absolute atomic E-state index is 11.5. The van der Waals surface area contributed by atoms with Crippen LogP contribution < -0.4 is 11.2 Å². The summed E-state index contributed by atoms with van der Waals surface area (Å²) < 4.78 is 1.54. The Morgan fingerprint density at radius 2 is 2.19 bits per heavy atom. The molecule has 16 heavy (non-hydrogen) atoms. The molecule has 0 aliphatic carbocycles. The summed E-state index contributed by atoms with van der Waals surface area (Å²) in [6, 6.07) is 0. The van der Waals surface area contributed by atoms with E-state index in [1.165, 1.54) is 4.57 Å². The number of aryl methyl sites for hydroxylation is 1. The Morgan fingerprint density at radius 3 is 2.88 bits per heavy atom. The van der Waals surface area contributed by atoms with E-state index in [9.17, 15) is 9.59 Å². The highest BCUT2D eigenvalue weighted by Crippen LogP contribution is 2.10. The van der Waals surface area contributed by atoms with E-state index in [2.05, 4.69) is 9.97 Å². The van der Waals surface area contributed by atoms with Crippen LogP contribution in [0.4, 0.5) is 0 Å². The molecule has 2 heterocycles. The van der Waals surface area contributed by atoms with Crippen LogP contribution in [0, 0.1) is 6.92 Å². The zero-order valence-electron chi connectivity index (χ0n) is 8.60. The first-order valence-electron chi connectivity index (χ1n) is 4.71. The average Bonchev–Trinajstić information content (AvgIpc) is 2.20. The highest BCUT2D eigenvalue weighted by atomic mass is 16.3. The lowest BCUT2D eigenvalue weighted by atomic mass is 10.3. The summed E-state index contributed by atoms with van der Waals surface area (Å²) in [6.45, 7) is 1.87. The van der Waals surface area contributed by atoms with Crippen LogP contribution in [-0.4, -0.2) is 31.2 Å². The molecule has 0 atom stereocenters. The van der Waals surface area contributed by atoms with Crippen LogP contribution in [0.2, 0.25) is 0 Å². The lowest BCUT2D eigenvalue weighted by molar-refractivity contribution is 0.275. The molecule has 0 aromatic rings. The molecule has 0 aromatic carbocycles. The molecule has 0 fully saturated rings. The van der Waals surface area contributed by atoms with Gasteiger partial charge in [0.05, 0.1) is 12.3 Å². The van der Waals surface area contributed by atoms with Gasteiger partial charge >= 0.3 is 5.69 Å². The van der Waals surface area contributed by atoms with Crippen molar-refractivity contribution in [3.63, 3.8) is 0 Å². The number of fused-ring (bicyclic) bond motifs is 1. The maximum atomic E-state index is 11.5. The lowest BCUT2D eigenvalue weighted by Gasteiger charge is -2.12. The first-order valence-corrected chi connectivity index (χ1v) is 4.71. The minimum absolute atomic E-state index is 0.105. The van der Waals surface area contributed by atoms with Gasteiger partial charge in [-0.1, -0.05) is 0 Å². The monoisotopic (exact) mass is 222 g/mol. The number of nitrogens with one attached hydrogen (secondary N) is 1. The van der Waals surface area contributed by atoms with E-state index in [1.54, 1.807) is 13.1 Å². The number of H-pyrrole nitrogens is 1. The van der Waals surface area contributed by atoms with Crippen molar-refractivity contribution in [2.24, 2.45) is 0 Å². The molecule has 0 saturated carbocycles. The van der Waals surface area contributed by atoms with Crippen molar-refractivity contribution in [2.45, 2.75) is 13.5 Å². The van der Waals surface area contributed by atoms with E-state index in [1.807, 2.05) is 4.98 Å². The van der Waals surface area contributed by atoms with Crippen LogP contribution in [0.3, 0.4) is 0 Å².